The van der Waals surface area contributed by atoms with Gasteiger partial charge < -0.3 is 10.6 Å². The Morgan fingerprint density at radius 3 is 2.70 bits per heavy atom. The van der Waals surface area contributed by atoms with Gasteiger partial charge in [0.1, 0.15) is 11.6 Å². The summed E-state index contributed by atoms with van der Waals surface area (Å²) in [6.07, 6.45) is 1.40. The van der Waals surface area contributed by atoms with Gasteiger partial charge in [-0.2, -0.15) is 5.26 Å². The summed E-state index contributed by atoms with van der Waals surface area (Å²) in [6.45, 7) is 3.93. The molecule has 2 N–H and O–H groups in total. The van der Waals surface area contributed by atoms with Crippen molar-refractivity contribution < 1.29 is 4.79 Å². The highest BCUT2D eigenvalue weighted by Crippen LogP contribution is 2.18. The van der Waals surface area contributed by atoms with Crippen molar-refractivity contribution in [3.05, 3.63) is 70.4 Å². The maximum Gasteiger partial charge on any atom is 0.267 e. The van der Waals surface area contributed by atoms with Gasteiger partial charge in [0.05, 0.1) is 0 Å². The van der Waals surface area contributed by atoms with Crippen LogP contribution in [0.4, 0.5) is 11.4 Å². The molecule has 0 atom stereocenters. The van der Waals surface area contributed by atoms with E-state index in [0.29, 0.717) is 10.7 Å². The number of carbonyl (C=O) groups is 1. The third-order valence-corrected chi connectivity index (χ3v) is 3.45. The van der Waals surface area contributed by atoms with E-state index >= 15 is 0 Å². The van der Waals surface area contributed by atoms with Gasteiger partial charge in [0.25, 0.3) is 5.91 Å². The summed E-state index contributed by atoms with van der Waals surface area (Å²) in [5.74, 6) is -0.493. The van der Waals surface area contributed by atoms with Crippen molar-refractivity contribution in [3.63, 3.8) is 0 Å². The number of nitrogens with zero attached hydrogens (tertiary/aromatic N) is 1. The first-order chi connectivity index (χ1) is 11.0. The molecule has 0 heterocycles. The van der Waals surface area contributed by atoms with Crippen LogP contribution < -0.4 is 10.6 Å². The van der Waals surface area contributed by atoms with E-state index in [1.807, 2.05) is 38.1 Å². The number of aryl methyl sites for hydroxylation is 2. The number of nitriles is 1. The summed E-state index contributed by atoms with van der Waals surface area (Å²) in [6, 6.07) is 14.6. The Balaban J connectivity index is 2.14. The smallest absolute Gasteiger partial charge is 0.267 e. The van der Waals surface area contributed by atoms with E-state index in [0.717, 1.165) is 16.8 Å². The predicted octanol–water partition coefficient (Wildman–Crippen LogP) is 4.41. The first-order valence-corrected chi connectivity index (χ1v) is 7.38. The quantitative estimate of drug-likeness (QED) is 0.646. The molecule has 0 saturated heterocycles. The third-order valence-electron chi connectivity index (χ3n) is 3.21. The first kappa shape index (κ1) is 16.6. The lowest BCUT2D eigenvalue weighted by molar-refractivity contribution is -0.112. The fourth-order valence-electron chi connectivity index (χ4n) is 1.95. The zero-order chi connectivity index (χ0) is 16.8. The zero-order valence-corrected chi connectivity index (χ0v) is 13.6. The van der Waals surface area contributed by atoms with Crippen LogP contribution in [0.3, 0.4) is 0 Å². The Hall–Kier alpha value is -2.77. The highest BCUT2D eigenvalue weighted by atomic mass is 35.5. The van der Waals surface area contributed by atoms with Crippen LogP contribution >= 0.6 is 11.6 Å². The minimum atomic E-state index is -0.493. The van der Waals surface area contributed by atoms with Gasteiger partial charge in [0, 0.05) is 22.6 Å². The van der Waals surface area contributed by atoms with Gasteiger partial charge in [-0.3, -0.25) is 4.79 Å². The number of anilines is 2. The minimum Gasteiger partial charge on any atom is -0.360 e. The van der Waals surface area contributed by atoms with Crippen molar-refractivity contribution >= 4 is 28.9 Å². The van der Waals surface area contributed by atoms with Gasteiger partial charge in [0.2, 0.25) is 0 Å². The lowest BCUT2D eigenvalue weighted by atomic mass is 10.1. The maximum absolute atomic E-state index is 12.1. The topological polar surface area (TPSA) is 64.9 Å². The minimum absolute atomic E-state index is 0.0223. The molecule has 0 spiro atoms. The van der Waals surface area contributed by atoms with Gasteiger partial charge in [0.15, 0.2) is 0 Å². The molecule has 2 rings (SSSR count). The van der Waals surface area contributed by atoms with Gasteiger partial charge in [-0.05, 0) is 49.2 Å². The summed E-state index contributed by atoms with van der Waals surface area (Å²) in [7, 11) is 0. The van der Waals surface area contributed by atoms with Crippen LogP contribution in [0.2, 0.25) is 5.02 Å². The lowest BCUT2D eigenvalue weighted by Crippen LogP contribution is -2.14. The zero-order valence-electron chi connectivity index (χ0n) is 12.9. The van der Waals surface area contributed by atoms with Gasteiger partial charge in [-0.1, -0.05) is 29.8 Å². The maximum atomic E-state index is 12.1. The molecule has 1 amide bonds. The Morgan fingerprint density at radius 1 is 1.22 bits per heavy atom. The Labute approximate surface area is 140 Å². The molecule has 116 valence electrons. The van der Waals surface area contributed by atoms with Crippen LogP contribution in [0.15, 0.2) is 54.2 Å². The molecule has 2 aromatic carbocycles. The summed E-state index contributed by atoms with van der Waals surface area (Å²) in [5.41, 5.74) is 3.49. The monoisotopic (exact) mass is 325 g/mol. The van der Waals surface area contributed by atoms with Crippen LogP contribution in [-0.4, -0.2) is 5.91 Å². The average Bonchev–Trinajstić information content (AvgIpc) is 2.51. The molecule has 0 aliphatic carbocycles. The van der Waals surface area contributed by atoms with Crippen molar-refractivity contribution in [1.82, 2.24) is 0 Å². The van der Waals surface area contributed by atoms with Gasteiger partial charge >= 0.3 is 0 Å². The predicted molar refractivity (Wildman–Crippen MR) is 93.3 cm³/mol. The first-order valence-electron chi connectivity index (χ1n) is 7.00. The number of amides is 1. The molecule has 5 heteroatoms. The molecule has 23 heavy (non-hydrogen) atoms. The SMILES string of the molecule is Cc1ccc(C)c(N/C=C(/C#N)C(=O)Nc2cccc(Cl)c2)c1. The van der Waals surface area contributed by atoms with Crippen molar-refractivity contribution in [2.45, 2.75) is 13.8 Å². The van der Waals surface area contributed by atoms with Crippen molar-refractivity contribution in [1.29, 1.82) is 5.26 Å². The van der Waals surface area contributed by atoms with Crippen LogP contribution in [0.1, 0.15) is 11.1 Å². The Bertz CT molecular complexity index is 806. The normalized spacial score (nSPS) is 10.8. The number of hydrogen-bond acceptors (Lipinski definition) is 3. The molecular formula is C18H16ClN3O. The highest BCUT2D eigenvalue weighted by molar-refractivity contribution is 6.31. The van der Waals surface area contributed by atoms with E-state index in [-0.39, 0.29) is 5.57 Å². The summed E-state index contributed by atoms with van der Waals surface area (Å²) < 4.78 is 0. The van der Waals surface area contributed by atoms with E-state index < -0.39 is 5.91 Å². The summed E-state index contributed by atoms with van der Waals surface area (Å²) >= 11 is 5.87. The van der Waals surface area contributed by atoms with Crippen LogP contribution in [0.5, 0.6) is 0 Å². The number of rotatable bonds is 4. The molecule has 0 aromatic heterocycles. The second-order valence-corrected chi connectivity index (χ2v) is 5.53. The van der Waals surface area contributed by atoms with Crippen molar-refractivity contribution in [2.75, 3.05) is 10.6 Å². The molecule has 0 unspecified atom stereocenters. The Morgan fingerprint density at radius 2 is 2.00 bits per heavy atom. The molecular weight excluding hydrogens is 310 g/mol. The third kappa shape index (κ3) is 4.60. The van der Waals surface area contributed by atoms with E-state index in [2.05, 4.69) is 10.6 Å². The van der Waals surface area contributed by atoms with Gasteiger partial charge in [-0.25, -0.2) is 0 Å². The van der Waals surface area contributed by atoms with Gasteiger partial charge in [-0.15, -0.1) is 0 Å². The number of benzene rings is 2. The number of carbonyl (C=O) groups excluding carboxylic acids is 1. The number of halogens is 1. The molecule has 0 aliphatic rings. The van der Waals surface area contributed by atoms with E-state index in [1.54, 1.807) is 24.3 Å². The number of hydrogen-bond donors (Lipinski definition) is 2. The summed E-state index contributed by atoms with van der Waals surface area (Å²) in [5, 5.41) is 15.4. The fourth-order valence-corrected chi connectivity index (χ4v) is 2.14. The van der Waals surface area contributed by atoms with Crippen LogP contribution in [-0.2, 0) is 4.79 Å². The largest absolute Gasteiger partial charge is 0.360 e. The molecule has 0 bridgehead atoms. The molecule has 0 aliphatic heterocycles. The average molecular weight is 326 g/mol. The second-order valence-electron chi connectivity index (χ2n) is 5.10. The summed E-state index contributed by atoms with van der Waals surface area (Å²) in [4.78, 5) is 12.1. The fraction of sp³-hybridized carbons (Fsp3) is 0.111. The van der Waals surface area contributed by atoms with Crippen LogP contribution in [0, 0.1) is 25.2 Å². The van der Waals surface area contributed by atoms with Crippen molar-refractivity contribution in [3.8, 4) is 6.07 Å². The van der Waals surface area contributed by atoms with Crippen molar-refractivity contribution in [2.24, 2.45) is 0 Å². The Kier molecular flexibility index (Phi) is 5.40. The van der Waals surface area contributed by atoms with E-state index in [1.165, 1.54) is 6.20 Å². The van der Waals surface area contributed by atoms with E-state index in [9.17, 15) is 10.1 Å². The molecule has 0 saturated carbocycles. The molecule has 2 aromatic rings. The lowest BCUT2D eigenvalue weighted by Gasteiger charge is -2.08. The van der Waals surface area contributed by atoms with E-state index in [4.69, 9.17) is 11.6 Å². The molecule has 0 fully saturated rings. The molecule has 0 radical (unpaired) electrons. The standard InChI is InChI=1S/C18H16ClN3O/c1-12-6-7-13(2)17(8-12)21-11-14(10-20)18(23)22-16-5-3-4-15(19)9-16/h3-9,11,21H,1-2H3,(H,22,23)/b14-11-. The highest BCUT2D eigenvalue weighted by Gasteiger charge is 2.09. The second kappa shape index (κ2) is 7.48. The van der Waals surface area contributed by atoms with Crippen LogP contribution in [0.25, 0.3) is 0 Å². The number of nitrogens with one attached hydrogen (secondary N) is 2. The molecule has 4 nitrogen and oxygen atoms in total.